The highest BCUT2D eigenvalue weighted by molar-refractivity contribution is 6.32. The number of halogens is 2. The first-order valence-electron chi connectivity index (χ1n) is 6.66. The summed E-state index contributed by atoms with van der Waals surface area (Å²) in [5.74, 6) is -1.98. The van der Waals surface area contributed by atoms with Crippen LogP contribution in [-0.4, -0.2) is 34.5 Å². The first-order valence-corrected chi connectivity index (χ1v) is 7.04. The highest BCUT2D eigenvalue weighted by Gasteiger charge is 2.30. The number of aliphatic carboxylic acids is 1. The van der Waals surface area contributed by atoms with Gasteiger partial charge in [-0.3, -0.25) is 4.79 Å². The number of carboxylic acid groups (broad SMARTS) is 1. The number of rotatable bonds is 3. The Balaban J connectivity index is 2.16. The Labute approximate surface area is 126 Å². The van der Waals surface area contributed by atoms with Crippen LogP contribution in [0, 0.1) is 5.82 Å². The topological polar surface area (TPSA) is 57.6 Å². The van der Waals surface area contributed by atoms with Gasteiger partial charge in [0.05, 0.1) is 5.02 Å². The number of piperidine rings is 1. The van der Waals surface area contributed by atoms with Crippen molar-refractivity contribution in [2.75, 3.05) is 6.54 Å². The lowest BCUT2D eigenvalue weighted by Crippen LogP contribution is -2.47. The van der Waals surface area contributed by atoms with Crippen LogP contribution in [0.4, 0.5) is 4.39 Å². The van der Waals surface area contributed by atoms with Crippen molar-refractivity contribution in [3.05, 3.63) is 40.7 Å². The molecule has 1 aromatic carbocycles. The van der Waals surface area contributed by atoms with Crippen molar-refractivity contribution in [1.82, 2.24) is 4.90 Å². The van der Waals surface area contributed by atoms with Gasteiger partial charge in [-0.05, 0) is 37.5 Å². The van der Waals surface area contributed by atoms with Crippen LogP contribution in [0.5, 0.6) is 0 Å². The average Bonchev–Trinajstić information content (AvgIpc) is 2.46. The molecule has 6 heteroatoms. The van der Waals surface area contributed by atoms with E-state index in [0.29, 0.717) is 13.0 Å². The molecule has 0 spiro atoms. The minimum atomic E-state index is -1.01. The third-order valence-electron chi connectivity index (χ3n) is 3.46. The highest BCUT2D eigenvalue weighted by atomic mass is 35.5. The Morgan fingerprint density at radius 2 is 2.14 bits per heavy atom. The van der Waals surface area contributed by atoms with Crippen molar-refractivity contribution in [3.63, 3.8) is 0 Å². The predicted octanol–water partition coefficient (Wildman–Crippen LogP) is 2.96. The molecule has 0 aliphatic carbocycles. The maximum Gasteiger partial charge on any atom is 0.326 e. The van der Waals surface area contributed by atoms with Crippen molar-refractivity contribution in [2.45, 2.75) is 25.3 Å². The van der Waals surface area contributed by atoms with Gasteiger partial charge >= 0.3 is 5.97 Å². The van der Waals surface area contributed by atoms with E-state index in [1.807, 2.05) is 0 Å². The van der Waals surface area contributed by atoms with Crippen LogP contribution in [0.2, 0.25) is 5.02 Å². The standard InChI is InChI=1S/C15H15ClFNO3/c16-11-4-3-5-12(17)10(11)7-8-14(19)18-9-2-1-6-13(18)15(20)21/h3-5,7-8,13H,1-2,6,9H2,(H,20,21)/b8-7+. The van der Waals surface area contributed by atoms with Crippen molar-refractivity contribution < 1.29 is 19.1 Å². The summed E-state index contributed by atoms with van der Waals surface area (Å²) in [6, 6.07) is 3.43. The van der Waals surface area contributed by atoms with Gasteiger partial charge in [-0.1, -0.05) is 17.7 Å². The molecular formula is C15H15ClFNO3. The summed E-state index contributed by atoms with van der Waals surface area (Å²) in [6.07, 6.45) is 4.45. The molecule has 21 heavy (non-hydrogen) atoms. The van der Waals surface area contributed by atoms with E-state index in [1.165, 1.54) is 35.3 Å². The van der Waals surface area contributed by atoms with E-state index in [-0.39, 0.29) is 10.6 Å². The summed E-state index contributed by atoms with van der Waals surface area (Å²) >= 11 is 5.87. The van der Waals surface area contributed by atoms with Crippen LogP contribution in [-0.2, 0) is 9.59 Å². The van der Waals surface area contributed by atoms with E-state index >= 15 is 0 Å². The molecule has 4 nitrogen and oxygen atoms in total. The van der Waals surface area contributed by atoms with Crippen LogP contribution in [0.3, 0.4) is 0 Å². The quantitative estimate of drug-likeness (QED) is 0.873. The fraction of sp³-hybridized carbons (Fsp3) is 0.333. The van der Waals surface area contributed by atoms with E-state index in [0.717, 1.165) is 12.8 Å². The van der Waals surface area contributed by atoms with Crippen LogP contribution >= 0.6 is 11.6 Å². The van der Waals surface area contributed by atoms with Crippen molar-refractivity contribution >= 4 is 29.6 Å². The maximum atomic E-state index is 13.6. The normalized spacial score (nSPS) is 19.0. The molecule has 1 saturated heterocycles. The molecule has 1 aliphatic rings. The van der Waals surface area contributed by atoms with Crippen LogP contribution in [0.25, 0.3) is 6.08 Å². The molecule has 1 amide bonds. The zero-order valence-electron chi connectivity index (χ0n) is 11.3. The SMILES string of the molecule is O=C(O)C1CCCCN1C(=O)/C=C/c1c(F)cccc1Cl. The highest BCUT2D eigenvalue weighted by Crippen LogP contribution is 2.21. The van der Waals surface area contributed by atoms with Crippen molar-refractivity contribution in [3.8, 4) is 0 Å². The lowest BCUT2D eigenvalue weighted by molar-refractivity contribution is -0.150. The first-order chi connectivity index (χ1) is 10.0. The molecule has 1 atom stereocenters. The number of hydrogen-bond donors (Lipinski definition) is 1. The minimum absolute atomic E-state index is 0.122. The number of likely N-dealkylation sites (tertiary alicyclic amines) is 1. The molecule has 1 fully saturated rings. The van der Waals surface area contributed by atoms with Crippen molar-refractivity contribution in [1.29, 1.82) is 0 Å². The third-order valence-corrected chi connectivity index (χ3v) is 3.79. The fourth-order valence-electron chi connectivity index (χ4n) is 2.37. The fourth-order valence-corrected chi connectivity index (χ4v) is 2.60. The van der Waals surface area contributed by atoms with E-state index in [4.69, 9.17) is 16.7 Å². The van der Waals surface area contributed by atoms with Gasteiger partial charge in [0, 0.05) is 18.2 Å². The van der Waals surface area contributed by atoms with E-state index in [1.54, 1.807) is 0 Å². The maximum absolute atomic E-state index is 13.6. The Hall–Kier alpha value is -1.88. The summed E-state index contributed by atoms with van der Waals surface area (Å²) in [5.41, 5.74) is 0.122. The Morgan fingerprint density at radius 3 is 2.81 bits per heavy atom. The molecule has 0 radical (unpaired) electrons. The first kappa shape index (κ1) is 15.5. The molecular weight excluding hydrogens is 297 g/mol. The van der Waals surface area contributed by atoms with E-state index in [9.17, 15) is 14.0 Å². The van der Waals surface area contributed by atoms with Gasteiger partial charge in [0.2, 0.25) is 5.91 Å². The van der Waals surface area contributed by atoms with Gasteiger partial charge in [-0.25, -0.2) is 9.18 Å². The zero-order valence-corrected chi connectivity index (χ0v) is 12.0. The van der Waals surface area contributed by atoms with Gasteiger partial charge in [-0.2, -0.15) is 0 Å². The molecule has 0 bridgehead atoms. The summed E-state index contributed by atoms with van der Waals surface area (Å²) in [7, 11) is 0. The largest absolute Gasteiger partial charge is 0.480 e. The molecule has 1 aliphatic heterocycles. The number of carbonyl (C=O) groups excluding carboxylic acids is 1. The van der Waals surface area contributed by atoms with E-state index in [2.05, 4.69) is 0 Å². The molecule has 112 valence electrons. The Kier molecular flexibility index (Phi) is 4.96. The average molecular weight is 312 g/mol. The number of hydrogen-bond acceptors (Lipinski definition) is 2. The number of carbonyl (C=O) groups is 2. The van der Waals surface area contributed by atoms with Gasteiger partial charge in [0.25, 0.3) is 0 Å². The van der Waals surface area contributed by atoms with Gasteiger partial charge < -0.3 is 10.0 Å². The smallest absolute Gasteiger partial charge is 0.326 e. The number of nitrogens with zero attached hydrogens (tertiary/aromatic N) is 1. The molecule has 1 heterocycles. The van der Waals surface area contributed by atoms with Crippen molar-refractivity contribution in [2.24, 2.45) is 0 Å². The van der Waals surface area contributed by atoms with Gasteiger partial charge in [0.15, 0.2) is 0 Å². The second-order valence-corrected chi connectivity index (χ2v) is 5.26. The molecule has 1 N–H and O–H groups in total. The van der Waals surface area contributed by atoms with Crippen LogP contribution in [0.1, 0.15) is 24.8 Å². The molecule has 1 unspecified atom stereocenters. The van der Waals surface area contributed by atoms with Gasteiger partial charge in [0.1, 0.15) is 11.9 Å². The lowest BCUT2D eigenvalue weighted by atomic mass is 10.0. The molecule has 2 rings (SSSR count). The summed E-state index contributed by atoms with van der Waals surface area (Å²) in [6.45, 7) is 0.394. The number of benzene rings is 1. The molecule has 0 aromatic heterocycles. The van der Waals surface area contributed by atoms with Gasteiger partial charge in [-0.15, -0.1) is 0 Å². The third kappa shape index (κ3) is 3.61. The molecule has 0 saturated carbocycles. The number of amides is 1. The van der Waals surface area contributed by atoms with E-state index < -0.39 is 23.7 Å². The minimum Gasteiger partial charge on any atom is -0.480 e. The second kappa shape index (κ2) is 6.72. The molecule has 1 aromatic rings. The predicted molar refractivity (Wildman–Crippen MR) is 77.4 cm³/mol. The van der Waals surface area contributed by atoms with Crippen LogP contribution in [0.15, 0.2) is 24.3 Å². The van der Waals surface area contributed by atoms with Crippen LogP contribution < -0.4 is 0 Å². The zero-order chi connectivity index (χ0) is 15.4. The summed E-state index contributed by atoms with van der Waals surface area (Å²) < 4.78 is 13.6. The Morgan fingerprint density at radius 1 is 1.38 bits per heavy atom. The summed E-state index contributed by atoms with van der Waals surface area (Å²) in [4.78, 5) is 24.6. The second-order valence-electron chi connectivity index (χ2n) is 4.85. The number of carboxylic acids is 1. The summed E-state index contributed by atoms with van der Waals surface area (Å²) in [5, 5.41) is 9.33. The monoisotopic (exact) mass is 311 g/mol. The Bertz CT molecular complexity index is 568. The lowest BCUT2D eigenvalue weighted by Gasteiger charge is -2.32.